The minimum Gasteiger partial charge on any atom is -0.306 e. The zero-order valence-corrected chi connectivity index (χ0v) is 13.3. The van der Waals surface area contributed by atoms with Crippen molar-refractivity contribution < 1.29 is 13.6 Å². The molecule has 1 rings (SSSR count). The zero-order chi connectivity index (χ0) is 15.1. The zero-order valence-electron chi connectivity index (χ0n) is 11.7. The first-order chi connectivity index (χ1) is 9.45. The quantitative estimate of drug-likeness (QED) is 0.470. The van der Waals surface area contributed by atoms with Gasteiger partial charge in [0.25, 0.3) is 5.24 Å². The Balaban J connectivity index is 3.06. The second-order valence-corrected chi connectivity index (χ2v) is 5.87. The number of hydrogen-bond acceptors (Lipinski definition) is 2. The molecule has 5 heteroatoms. The van der Waals surface area contributed by atoms with Crippen LogP contribution in [-0.2, 0) is 23.3 Å². The van der Waals surface area contributed by atoms with E-state index in [9.17, 15) is 9.00 Å². The van der Waals surface area contributed by atoms with Crippen LogP contribution in [-0.4, -0.2) is 14.0 Å². The molecule has 0 bridgehead atoms. The van der Waals surface area contributed by atoms with Gasteiger partial charge in [-0.15, -0.1) is 0 Å². The average Bonchev–Trinajstić information content (AvgIpc) is 2.36. The maximum atomic E-state index is 11.3. The van der Waals surface area contributed by atoms with Crippen LogP contribution in [0.15, 0.2) is 24.3 Å². The smallest absolute Gasteiger partial charge is 0.252 e. The lowest BCUT2D eigenvalue weighted by molar-refractivity contribution is 0.108. The standard InChI is InChI=1S/C15H19ClO3S/c1-3-4-5-6-7-12-8-11(2)14(15(16)17)9-13(12)10-20(18)19/h4-5,8-9H,3,6-7,10H2,1-2H3,(H,18,19). The Morgan fingerprint density at radius 2 is 2.05 bits per heavy atom. The van der Waals surface area contributed by atoms with E-state index in [1.54, 1.807) is 6.07 Å². The summed E-state index contributed by atoms with van der Waals surface area (Å²) in [6, 6.07) is 3.52. The highest BCUT2D eigenvalue weighted by Gasteiger charge is 2.13. The van der Waals surface area contributed by atoms with E-state index in [2.05, 4.69) is 19.1 Å². The number of halogens is 1. The van der Waals surface area contributed by atoms with Crippen molar-refractivity contribution in [2.45, 2.75) is 38.9 Å². The normalized spacial score (nSPS) is 12.8. The molecule has 0 fully saturated rings. The summed E-state index contributed by atoms with van der Waals surface area (Å²) in [7, 11) is 0. The van der Waals surface area contributed by atoms with Crippen LogP contribution in [0.3, 0.4) is 0 Å². The van der Waals surface area contributed by atoms with Crippen molar-refractivity contribution in [3.8, 4) is 0 Å². The first kappa shape index (κ1) is 17.1. The number of carbonyl (C=O) groups is 1. The van der Waals surface area contributed by atoms with Crippen molar-refractivity contribution in [2.24, 2.45) is 0 Å². The number of rotatable bonds is 7. The summed E-state index contributed by atoms with van der Waals surface area (Å²) in [5.41, 5.74) is 2.91. The lowest BCUT2D eigenvalue weighted by Crippen LogP contribution is -2.04. The van der Waals surface area contributed by atoms with Crippen LogP contribution in [0.5, 0.6) is 0 Å². The number of aryl methyl sites for hydroxylation is 2. The van der Waals surface area contributed by atoms with Gasteiger partial charge in [0.05, 0.1) is 5.75 Å². The molecule has 0 aliphatic carbocycles. The molecule has 0 spiro atoms. The van der Waals surface area contributed by atoms with E-state index in [0.29, 0.717) is 11.1 Å². The second kappa shape index (κ2) is 8.35. The van der Waals surface area contributed by atoms with Gasteiger partial charge in [-0.3, -0.25) is 4.79 Å². The second-order valence-electron chi connectivity index (χ2n) is 4.59. The van der Waals surface area contributed by atoms with Gasteiger partial charge in [-0.1, -0.05) is 25.1 Å². The maximum absolute atomic E-state index is 11.3. The van der Waals surface area contributed by atoms with E-state index < -0.39 is 16.3 Å². The Kier molecular flexibility index (Phi) is 7.13. The monoisotopic (exact) mass is 314 g/mol. The molecular weight excluding hydrogens is 296 g/mol. The SMILES string of the molecule is CCC=CCCc1cc(C)c(C(=O)Cl)cc1CS(=O)O. The van der Waals surface area contributed by atoms with Crippen molar-refractivity contribution in [3.05, 3.63) is 46.5 Å². The summed E-state index contributed by atoms with van der Waals surface area (Å²) in [5, 5.41) is -0.537. The molecule has 1 N–H and O–H groups in total. The van der Waals surface area contributed by atoms with Crippen LogP contribution in [0.4, 0.5) is 0 Å². The van der Waals surface area contributed by atoms with Crippen molar-refractivity contribution in [3.63, 3.8) is 0 Å². The van der Waals surface area contributed by atoms with E-state index in [0.717, 1.165) is 30.4 Å². The van der Waals surface area contributed by atoms with Gasteiger partial charge in [-0.25, -0.2) is 4.21 Å². The highest BCUT2D eigenvalue weighted by atomic mass is 35.5. The molecule has 0 radical (unpaired) electrons. The number of benzene rings is 1. The molecule has 1 aromatic rings. The highest BCUT2D eigenvalue weighted by molar-refractivity contribution is 7.78. The molecule has 20 heavy (non-hydrogen) atoms. The van der Waals surface area contributed by atoms with Gasteiger partial charge in [0.2, 0.25) is 0 Å². The fraction of sp³-hybridized carbons (Fsp3) is 0.400. The van der Waals surface area contributed by atoms with E-state index in [1.165, 1.54) is 0 Å². The number of allylic oxidation sites excluding steroid dienone is 2. The van der Waals surface area contributed by atoms with E-state index in [-0.39, 0.29) is 5.75 Å². The highest BCUT2D eigenvalue weighted by Crippen LogP contribution is 2.21. The van der Waals surface area contributed by atoms with Gasteiger partial charge in [0, 0.05) is 5.56 Å². The molecule has 1 aromatic carbocycles. The van der Waals surface area contributed by atoms with Gasteiger partial charge in [-0.05, 0) is 60.5 Å². The first-order valence-electron chi connectivity index (χ1n) is 6.50. The van der Waals surface area contributed by atoms with E-state index >= 15 is 0 Å². The molecule has 0 aliphatic heterocycles. The van der Waals surface area contributed by atoms with Crippen LogP contribution >= 0.6 is 11.6 Å². The third-order valence-corrected chi connectivity index (χ3v) is 3.78. The Bertz CT molecular complexity index is 538. The van der Waals surface area contributed by atoms with Crippen molar-refractivity contribution in [2.75, 3.05) is 0 Å². The topological polar surface area (TPSA) is 54.4 Å². The number of hydrogen-bond donors (Lipinski definition) is 1. The minimum atomic E-state index is -1.94. The molecule has 1 atom stereocenters. The van der Waals surface area contributed by atoms with Crippen LogP contribution < -0.4 is 0 Å². The predicted molar refractivity (Wildman–Crippen MR) is 83.6 cm³/mol. The Morgan fingerprint density at radius 1 is 1.35 bits per heavy atom. The molecule has 0 saturated heterocycles. The lowest BCUT2D eigenvalue weighted by Gasteiger charge is -2.11. The summed E-state index contributed by atoms with van der Waals surface area (Å²) in [6.07, 6.45) is 6.82. The van der Waals surface area contributed by atoms with Gasteiger partial charge >= 0.3 is 0 Å². The van der Waals surface area contributed by atoms with Crippen LogP contribution in [0.2, 0.25) is 0 Å². The molecule has 110 valence electrons. The third kappa shape index (κ3) is 5.19. The maximum Gasteiger partial charge on any atom is 0.252 e. The first-order valence-corrected chi connectivity index (χ1v) is 8.15. The largest absolute Gasteiger partial charge is 0.306 e. The van der Waals surface area contributed by atoms with Crippen LogP contribution in [0.25, 0.3) is 0 Å². The summed E-state index contributed by atoms with van der Waals surface area (Å²) < 4.78 is 20.1. The van der Waals surface area contributed by atoms with Gasteiger partial charge in [0.15, 0.2) is 11.1 Å². The predicted octanol–water partition coefficient (Wildman–Crippen LogP) is 3.99. The van der Waals surface area contributed by atoms with Gasteiger partial charge in [0.1, 0.15) is 0 Å². The average molecular weight is 315 g/mol. The van der Waals surface area contributed by atoms with E-state index in [1.807, 2.05) is 13.0 Å². The summed E-state index contributed by atoms with van der Waals surface area (Å²) in [6.45, 7) is 3.89. The van der Waals surface area contributed by atoms with Crippen LogP contribution in [0, 0.1) is 6.92 Å². The molecule has 3 nitrogen and oxygen atoms in total. The van der Waals surface area contributed by atoms with Gasteiger partial charge < -0.3 is 4.55 Å². The van der Waals surface area contributed by atoms with Crippen molar-refractivity contribution >= 4 is 27.9 Å². The summed E-state index contributed by atoms with van der Waals surface area (Å²) in [4.78, 5) is 11.3. The van der Waals surface area contributed by atoms with E-state index in [4.69, 9.17) is 16.2 Å². The molecular formula is C15H19ClO3S. The molecule has 0 saturated carbocycles. The summed E-state index contributed by atoms with van der Waals surface area (Å²) in [5.74, 6) is 0.0181. The molecule has 0 heterocycles. The fourth-order valence-electron chi connectivity index (χ4n) is 2.05. The third-order valence-electron chi connectivity index (χ3n) is 3.02. The summed E-state index contributed by atoms with van der Waals surface area (Å²) >= 11 is 3.59. The minimum absolute atomic E-state index is 0.0181. The molecule has 1 unspecified atom stereocenters. The molecule has 0 aliphatic rings. The van der Waals surface area contributed by atoms with Crippen molar-refractivity contribution in [1.82, 2.24) is 0 Å². The Morgan fingerprint density at radius 3 is 2.60 bits per heavy atom. The van der Waals surface area contributed by atoms with Crippen molar-refractivity contribution in [1.29, 1.82) is 0 Å². The fourth-order valence-corrected chi connectivity index (χ4v) is 2.79. The Labute approximate surface area is 127 Å². The lowest BCUT2D eigenvalue weighted by atomic mass is 9.97. The Hall–Kier alpha value is -0.970. The molecule has 0 amide bonds. The molecule has 0 aromatic heterocycles. The van der Waals surface area contributed by atoms with Crippen LogP contribution in [0.1, 0.15) is 46.8 Å². The van der Waals surface area contributed by atoms with Gasteiger partial charge in [-0.2, -0.15) is 0 Å². The number of carbonyl (C=O) groups excluding carboxylic acids is 1.